The fourth-order valence-electron chi connectivity index (χ4n) is 1.16. The maximum absolute atomic E-state index is 11.6. The first-order valence-electron chi connectivity index (χ1n) is 4.79. The van der Waals surface area contributed by atoms with Gasteiger partial charge in [0.05, 0.1) is 16.9 Å². The largest absolute Gasteiger partial charge is 0.481 e. The molecule has 0 bridgehead atoms. The van der Waals surface area contributed by atoms with Crippen LogP contribution in [0.1, 0.15) is 16.8 Å². The lowest BCUT2D eigenvalue weighted by Crippen LogP contribution is -2.42. The minimum absolute atomic E-state index is 0.0895. The Morgan fingerprint density at radius 1 is 1.42 bits per heavy atom. The summed E-state index contributed by atoms with van der Waals surface area (Å²) in [5.74, 6) is -3.76. The first-order chi connectivity index (χ1) is 8.81. The van der Waals surface area contributed by atoms with Gasteiger partial charge in [-0.3, -0.25) is 19.7 Å². The Hall–Kier alpha value is -2.49. The number of hydrogen-bond acceptors (Lipinski definition) is 6. The molecule has 10 heteroatoms. The van der Waals surface area contributed by atoms with Gasteiger partial charge in [-0.25, -0.2) is 4.79 Å². The molecule has 1 aromatic heterocycles. The third-order valence-corrected chi connectivity index (χ3v) is 2.89. The quantitative estimate of drug-likeness (QED) is 0.504. The molecule has 1 heterocycles. The van der Waals surface area contributed by atoms with Crippen molar-refractivity contribution in [3.05, 3.63) is 27.1 Å². The van der Waals surface area contributed by atoms with E-state index >= 15 is 0 Å². The highest BCUT2D eigenvalue weighted by molar-refractivity contribution is 7.13. The molecule has 19 heavy (non-hydrogen) atoms. The van der Waals surface area contributed by atoms with Crippen LogP contribution in [0.4, 0.5) is 5.00 Å². The maximum Gasteiger partial charge on any atom is 0.326 e. The summed E-state index contributed by atoms with van der Waals surface area (Å²) in [5, 5.41) is 30.5. The summed E-state index contributed by atoms with van der Waals surface area (Å²) in [4.78, 5) is 42.5. The first-order valence-corrected chi connectivity index (χ1v) is 5.67. The third-order valence-electron chi connectivity index (χ3n) is 2.01. The molecular formula is C9H8N2O7S. The van der Waals surface area contributed by atoms with Crippen molar-refractivity contribution in [3.8, 4) is 0 Å². The van der Waals surface area contributed by atoms with Crippen molar-refractivity contribution in [2.45, 2.75) is 12.5 Å². The molecule has 1 amide bonds. The molecule has 0 aromatic carbocycles. The topological polar surface area (TPSA) is 147 Å². The molecule has 9 nitrogen and oxygen atoms in total. The predicted molar refractivity (Wildman–Crippen MR) is 62.1 cm³/mol. The van der Waals surface area contributed by atoms with Crippen molar-refractivity contribution in [3.63, 3.8) is 0 Å². The van der Waals surface area contributed by atoms with Gasteiger partial charge in [0.2, 0.25) is 0 Å². The van der Waals surface area contributed by atoms with E-state index in [2.05, 4.69) is 0 Å². The number of thiophene rings is 1. The second-order valence-electron chi connectivity index (χ2n) is 3.39. The highest BCUT2D eigenvalue weighted by atomic mass is 32.1. The van der Waals surface area contributed by atoms with Gasteiger partial charge in [-0.05, 0) is 0 Å². The van der Waals surface area contributed by atoms with E-state index in [0.717, 1.165) is 6.07 Å². The molecule has 102 valence electrons. The van der Waals surface area contributed by atoms with Crippen molar-refractivity contribution in [2.75, 3.05) is 0 Å². The minimum atomic E-state index is -1.59. The van der Waals surface area contributed by atoms with E-state index in [-0.39, 0.29) is 10.6 Å². The number of carboxylic acid groups (broad SMARTS) is 2. The number of carboxylic acids is 2. The first kappa shape index (κ1) is 14.6. The number of amides is 1. The second kappa shape index (κ2) is 5.91. The molecule has 0 aliphatic heterocycles. The number of carbonyl (C=O) groups excluding carboxylic acids is 1. The van der Waals surface area contributed by atoms with E-state index < -0.39 is 35.2 Å². The van der Waals surface area contributed by atoms with E-state index in [1.165, 1.54) is 5.38 Å². The van der Waals surface area contributed by atoms with Crippen LogP contribution in [0.3, 0.4) is 0 Å². The molecule has 0 aliphatic rings. The summed E-state index contributed by atoms with van der Waals surface area (Å²) in [6, 6.07) is -0.608. The monoisotopic (exact) mass is 288 g/mol. The molecule has 1 unspecified atom stereocenters. The zero-order chi connectivity index (χ0) is 14.6. The second-order valence-corrected chi connectivity index (χ2v) is 4.28. The molecule has 0 saturated heterocycles. The standard InChI is InChI=1S/C9H8N2O7S/c12-7(13)2-5(9(15)16)10-8(14)4-1-6(11(17)18)19-3-4/h1,3,5H,2H2,(H,10,14)(H,12,13)(H,15,16). The molecule has 0 fully saturated rings. The van der Waals surface area contributed by atoms with Gasteiger partial charge in [0.15, 0.2) is 0 Å². The normalized spacial score (nSPS) is 11.6. The van der Waals surface area contributed by atoms with Gasteiger partial charge in [0.1, 0.15) is 6.04 Å². The molecule has 1 rings (SSSR count). The Balaban J connectivity index is 2.78. The smallest absolute Gasteiger partial charge is 0.326 e. The molecule has 1 aromatic rings. The summed E-state index contributed by atoms with van der Waals surface area (Å²) < 4.78 is 0. The van der Waals surface area contributed by atoms with Crippen LogP contribution in [0, 0.1) is 10.1 Å². The fraction of sp³-hybridized carbons (Fsp3) is 0.222. The third kappa shape index (κ3) is 4.03. The van der Waals surface area contributed by atoms with Gasteiger partial charge in [0.25, 0.3) is 5.91 Å². The average Bonchev–Trinajstić information content (AvgIpc) is 2.76. The van der Waals surface area contributed by atoms with Crippen molar-refractivity contribution in [2.24, 2.45) is 0 Å². The van der Waals surface area contributed by atoms with Crippen LogP contribution in [0.5, 0.6) is 0 Å². The zero-order valence-corrected chi connectivity index (χ0v) is 10.0. The van der Waals surface area contributed by atoms with Gasteiger partial charge in [-0.2, -0.15) is 0 Å². The summed E-state index contributed by atoms with van der Waals surface area (Å²) in [6.07, 6.45) is -0.784. The van der Waals surface area contributed by atoms with E-state index in [0.29, 0.717) is 11.3 Å². The van der Waals surface area contributed by atoms with Crippen LogP contribution in [-0.4, -0.2) is 39.0 Å². The lowest BCUT2D eigenvalue weighted by molar-refractivity contribution is -0.380. The lowest BCUT2D eigenvalue weighted by atomic mass is 10.2. The van der Waals surface area contributed by atoms with E-state index in [9.17, 15) is 24.5 Å². The highest BCUT2D eigenvalue weighted by Gasteiger charge is 2.24. The van der Waals surface area contributed by atoms with Gasteiger partial charge in [0, 0.05) is 11.4 Å². The number of nitrogens with zero attached hydrogens (tertiary/aromatic N) is 1. The van der Waals surface area contributed by atoms with Crippen LogP contribution in [0.25, 0.3) is 0 Å². The Bertz CT molecular complexity index is 538. The summed E-state index contributed by atoms with van der Waals surface area (Å²) in [7, 11) is 0. The molecule has 0 spiro atoms. The number of nitro groups is 1. The van der Waals surface area contributed by atoms with Gasteiger partial charge >= 0.3 is 16.9 Å². The Labute approximate surface area is 109 Å². The number of carbonyl (C=O) groups is 3. The SMILES string of the molecule is O=C(O)CC(NC(=O)c1csc([N+](=O)[O-])c1)C(=O)O. The zero-order valence-electron chi connectivity index (χ0n) is 9.23. The lowest BCUT2D eigenvalue weighted by Gasteiger charge is -2.11. The van der Waals surface area contributed by atoms with Crippen LogP contribution in [-0.2, 0) is 9.59 Å². The number of rotatable bonds is 6. The van der Waals surface area contributed by atoms with Crippen molar-refractivity contribution in [1.29, 1.82) is 0 Å². The highest BCUT2D eigenvalue weighted by Crippen LogP contribution is 2.22. The summed E-state index contributed by atoms with van der Waals surface area (Å²) in [6.45, 7) is 0. The van der Waals surface area contributed by atoms with Crippen LogP contribution < -0.4 is 5.32 Å². The number of nitrogens with one attached hydrogen (secondary N) is 1. The Morgan fingerprint density at radius 2 is 2.05 bits per heavy atom. The minimum Gasteiger partial charge on any atom is -0.481 e. The van der Waals surface area contributed by atoms with Gasteiger partial charge in [-0.15, -0.1) is 0 Å². The van der Waals surface area contributed by atoms with E-state index in [1.54, 1.807) is 0 Å². The molecule has 0 saturated carbocycles. The predicted octanol–water partition coefficient (Wildman–Crippen LogP) is 0.314. The number of hydrogen-bond donors (Lipinski definition) is 3. The summed E-state index contributed by atoms with van der Waals surface area (Å²) >= 11 is 0.712. The average molecular weight is 288 g/mol. The molecule has 3 N–H and O–H groups in total. The molecule has 0 radical (unpaired) electrons. The number of aliphatic carboxylic acids is 2. The molecular weight excluding hydrogens is 280 g/mol. The fourth-order valence-corrected chi connectivity index (χ4v) is 1.86. The Morgan fingerprint density at radius 3 is 2.47 bits per heavy atom. The maximum atomic E-state index is 11.6. The van der Waals surface area contributed by atoms with Crippen molar-refractivity contribution in [1.82, 2.24) is 5.32 Å². The Kier molecular flexibility index (Phi) is 4.53. The van der Waals surface area contributed by atoms with Gasteiger partial charge in [-0.1, -0.05) is 11.3 Å². The van der Waals surface area contributed by atoms with Crippen LogP contribution in [0.2, 0.25) is 0 Å². The molecule has 0 aliphatic carbocycles. The summed E-state index contributed by atoms with van der Waals surface area (Å²) in [5.41, 5.74) is -0.0895. The van der Waals surface area contributed by atoms with E-state index in [4.69, 9.17) is 10.2 Å². The molecule has 1 atom stereocenters. The van der Waals surface area contributed by atoms with Crippen molar-refractivity contribution < 1.29 is 29.5 Å². The van der Waals surface area contributed by atoms with E-state index in [1.807, 2.05) is 5.32 Å². The van der Waals surface area contributed by atoms with Crippen LogP contribution >= 0.6 is 11.3 Å². The van der Waals surface area contributed by atoms with Crippen LogP contribution in [0.15, 0.2) is 11.4 Å². The van der Waals surface area contributed by atoms with Gasteiger partial charge < -0.3 is 15.5 Å². The van der Waals surface area contributed by atoms with Crippen molar-refractivity contribution >= 4 is 34.2 Å².